The number of carboxylic acids is 1. The Hall–Kier alpha value is -1.59. The van der Waals surface area contributed by atoms with Crippen molar-refractivity contribution < 1.29 is 24.2 Å². The van der Waals surface area contributed by atoms with Crippen LogP contribution in [0.5, 0.6) is 0 Å². The highest BCUT2D eigenvalue weighted by Crippen LogP contribution is 1.92. The molecule has 6 heteroatoms. The average Bonchev–Trinajstić information content (AvgIpc) is 2.12. The van der Waals surface area contributed by atoms with Crippen LogP contribution >= 0.6 is 0 Å². The highest BCUT2D eigenvalue weighted by Gasteiger charge is 2.09. The van der Waals surface area contributed by atoms with Crippen LogP contribution in [0.15, 0.2) is 0 Å². The molecule has 0 heterocycles. The average molecular weight is 217 g/mol. The number of hydrogen-bond acceptors (Lipinski definition) is 4. The van der Waals surface area contributed by atoms with Crippen LogP contribution in [0.4, 0.5) is 0 Å². The standard InChI is InChI=1S/C9H15NO5/c1-7(11)10(2)6-9(14)15-5-3-4-8(12)13/h3-6H2,1-2H3,(H,12,13). The largest absolute Gasteiger partial charge is 0.481 e. The van der Waals surface area contributed by atoms with Gasteiger partial charge < -0.3 is 14.7 Å². The molecule has 0 bridgehead atoms. The van der Waals surface area contributed by atoms with E-state index in [1.807, 2.05) is 0 Å². The first-order chi connectivity index (χ1) is 6.93. The molecule has 0 aromatic rings. The number of carbonyl (C=O) groups excluding carboxylic acids is 2. The number of carbonyl (C=O) groups is 3. The molecule has 1 amide bonds. The molecule has 1 N–H and O–H groups in total. The first kappa shape index (κ1) is 13.4. The number of aliphatic carboxylic acids is 1. The molecule has 0 aromatic heterocycles. The molecule has 0 fully saturated rings. The predicted molar refractivity (Wildman–Crippen MR) is 51.1 cm³/mol. The van der Waals surface area contributed by atoms with Gasteiger partial charge in [0.15, 0.2) is 0 Å². The van der Waals surface area contributed by atoms with E-state index >= 15 is 0 Å². The summed E-state index contributed by atoms with van der Waals surface area (Å²) in [7, 11) is 1.49. The molecule has 6 nitrogen and oxygen atoms in total. The normalized spacial score (nSPS) is 9.47. The van der Waals surface area contributed by atoms with E-state index in [1.54, 1.807) is 0 Å². The van der Waals surface area contributed by atoms with Crippen molar-refractivity contribution in [3.63, 3.8) is 0 Å². The Balaban J connectivity index is 3.58. The minimum atomic E-state index is -0.924. The maximum atomic E-state index is 11.0. The van der Waals surface area contributed by atoms with Crippen molar-refractivity contribution in [2.45, 2.75) is 19.8 Å². The van der Waals surface area contributed by atoms with Crippen LogP contribution in [0.3, 0.4) is 0 Å². The molecular weight excluding hydrogens is 202 g/mol. The molecule has 0 spiro atoms. The third-order valence-electron chi connectivity index (χ3n) is 1.70. The summed E-state index contributed by atoms with van der Waals surface area (Å²) in [4.78, 5) is 33.1. The molecule has 0 saturated heterocycles. The number of amides is 1. The predicted octanol–water partition coefficient (Wildman–Crippen LogP) is -0.127. The van der Waals surface area contributed by atoms with Gasteiger partial charge in [0, 0.05) is 20.4 Å². The van der Waals surface area contributed by atoms with Crippen molar-refractivity contribution in [3.05, 3.63) is 0 Å². The zero-order chi connectivity index (χ0) is 11.8. The first-order valence-electron chi connectivity index (χ1n) is 4.52. The molecule has 0 saturated carbocycles. The Labute approximate surface area is 87.8 Å². The minimum absolute atomic E-state index is 0.0319. The van der Waals surface area contributed by atoms with Crippen LogP contribution in [0.25, 0.3) is 0 Å². The van der Waals surface area contributed by atoms with Crippen LogP contribution in [0, 0.1) is 0 Å². The lowest BCUT2D eigenvalue weighted by Crippen LogP contribution is -2.31. The number of hydrogen-bond donors (Lipinski definition) is 1. The van der Waals surface area contributed by atoms with E-state index in [1.165, 1.54) is 18.9 Å². The van der Waals surface area contributed by atoms with E-state index in [0.29, 0.717) is 0 Å². The number of esters is 1. The number of likely N-dealkylation sites (N-methyl/N-ethyl adjacent to an activating group) is 1. The van der Waals surface area contributed by atoms with Gasteiger partial charge in [-0.15, -0.1) is 0 Å². The smallest absolute Gasteiger partial charge is 0.325 e. The second-order valence-corrected chi connectivity index (χ2v) is 3.09. The van der Waals surface area contributed by atoms with Crippen LogP contribution in [0.2, 0.25) is 0 Å². The van der Waals surface area contributed by atoms with Gasteiger partial charge in [0.25, 0.3) is 0 Å². The van der Waals surface area contributed by atoms with Crippen LogP contribution in [-0.2, 0) is 19.1 Å². The molecule has 0 aliphatic rings. The summed E-state index contributed by atoms with van der Waals surface area (Å²) < 4.78 is 4.72. The first-order valence-corrected chi connectivity index (χ1v) is 4.52. The van der Waals surface area contributed by atoms with Gasteiger partial charge in [-0.3, -0.25) is 14.4 Å². The Bertz CT molecular complexity index is 251. The molecule has 0 atom stereocenters. The lowest BCUT2D eigenvalue weighted by atomic mass is 10.3. The van der Waals surface area contributed by atoms with Crippen molar-refractivity contribution in [2.24, 2.45) is 0 Å². The van der Waals surface area contributed by atoms with Gasteiger partial charge in [-0.1, -0.05) is 0 Å². The fourth-order valence-corrected chi connectivity index (χ4v) is 0.760. The van der Waals surface area contributed by atoms with E-state index in [9.17, 15) is 14.4 Å². The fraction of sp³-hybridized carbons (Fsp3) is 0.667. The molecule has 0 aliphatic carbocycles. The molecule has 0 rings (SSSR count). The summed E-state index contributed by atoms with van der Waals surface area (Å²) in [6.45, 7) is 1.30. The SMILES string of the molecule is CC(=O)N(C)CC(=O)OCCCC(=O)O. The molecule has 0 unspecified atom stereocenters. The Kier molecular flexibility index (Phi) is 6.08. The van der Waals surface area contributed by atoms with E-state index in [-0.39, 0.29) is 31.9 Å². The number of nitrogens with zero attached hydrogens (tertiary/aromatic N) is 1. The second-order valence-electron chi connectivity index (χ2n) is 3.09. The van der Waals surface area contributed by atoms with Crippen molar-refractivity contribution >= 4 is 17.8 Å². The summed E-state index contributed by atoms with van der Waals surface area (Å²) in [5.41, 5.74) is 0. The number of ether oxygens (including phenoxy) is 1. The van der Waals surface area contributed by atoms with Gasteiger partial charge in [-0.2, -0.15) is 0 Å². The van der Waals surface area contributed by atoms with E-state index in [2.05, 4.69) is 0 Å². The Morgan fingerprint density at radius 2 is 1.93 bits per heavy atom. The molecule has 0 aliphatic heterocycles. The summed E-state index contributed by atoms with van der Waals surface area (Å²) in [5.74, 6) is -1.68. The lowest BCUT2D eigenvalue weighted by Gasteiger charge is -2.13. The lowest BCUT2D eigenvalue weighted by molar-refractivity contribution is -0.148. The molecule has 86 valence electrons. The van der Waals surface area contributed by atoms with Gasteiger partial charge in [0.1, 0.15) is 6.54 Å². The Morgan fingerprint density at radius 3 is 2.40 bits per heavy atom. The molecule has 15 heavy (non-hydrogen) atoms. The van der Waals surface area contributed by atoms with Gasteiger partial charge in [-0.05, 0) is 6.42 Å². The summed E-state index contributed by atoms with van der Waals surface area (Å²) in [6.07, 6.45) is 0.251. The number of carboxylic acid groups (broad SMARTS) is 1. The van der Waals surface area contributed by atoms with Gasteiger partial charge in [-0.25, -0.2) is 0 Å². The van der Waals surface area contributed by atoms with Gasteiger partial charge >= 0.3 is 11.9 Å². The topological polar surface area (TPSA) is 83.9 Å². The highest BCUT2D eigenvalue weighted by molar-refractivity contribution is 5.80. The van der Waals surface area contributed by atoms with E-state index < -0.39 is 11.9 Å². The van der Waals surface area contributed by atoms with Crippen molar-refractivity contribution in [1.29, 1.82) is 0 Å². The monoisotopic (exact) mass is 217 g/mol. The van der Waals surface area contributed by atoms with Crippen molar-refractivity contribution in [3.8, 4) is 0 Å². The van der Waals surface area contributed by atoms with E-state index in [0.717, 1.165) is 0 Å². The Morgan fingerprint density at radius 1 is 1.33 bits per heavy atom. The quantitative estimate of drug-likeness (QED) is 0.495. The van der Waals surface area contributed by atoms with Gasteiger partial charge in [0.2, 0.25) is 5.91 Å². The summed E-state index contributed by atoms with van der Waals surface area (Å²) in [5, 5.41) is 8.30. The zero-order valence-electron chi connectivity index (χ0n) is 8.86. The highest BCUT2D eigenvalue weighted by atomic mass is 16.5. The molecule has 0 aromatic carbocycles. The minimum Gasteiger partial charge on any atom is -0.481 e. The van der Waals surface area contributed by atoms with E-state index in [4.69, 9.17) is 9.84 Å². The van der Waals surface area contributed by atoms with Crippen LogP contribution < -0.4 is 0 Å². The molecule has 0 radical (unpaired) electrons. The van der Waals surface area contributed by atoms with Crippen molar-refractivity contribution in [2.75, 3.05) is 20.2 Å². The zero-order valence-corrected chi connectivity index (χ0v) is 8.86. The maximum Gasteiger partial charge on any atom is 0.325 e. The van der Waals surface area contributed by atoms with Crippen molar-refractivity contribution in [1.82, 2.24) is 4.90 Å². The van der Waals surface area contributed by atoms with Gasteiger partial charge in [0.05, 0.1) is 6.61 Å². The summed E-state index contributed by atoms with van der Waals surface area (Å²) in [6, 6.07) is 0. The van der Waals surface area contributed by atoms with Crippen LogP contribution in [0.1, 0.15) is 19.8 Å². The second kappa shape index (κ2) is 6.80. The number of rotatable bonds is 6. The third kappa shape index (κ3) is 7.48. The van der Waals surface area contributed by atoms with Crippen LogP contribution in [-0.4, -0.2) is 48.1 Å². The third-order valence-corrected chi connectivity index (χ3v) is 1.70. The summed E-state index contributed by atoms with van der Waals surface area (Å²) >= 11 is 0. The maximum absolute atomic E-state index is 11.0. The molecular formula is C9H15NO5. The fourth-order valence-electron chi connectivity index (χ4n) is 0.760.